The third-order valence-corrected chi connectivity index (χ3v) is 8.44. The van der Waals surface area contributed by atoms with E-state index in [4.69, 9.17) is 4.74 Å². The minimum atomic E-state index is -0.558. The van der Waals surface area contributed by atoms with E-state index in [1.165, 1.54) is 30.2 Å². The van der Waals surface area contributed by atoms with E-state index < -0.39 is 11.2 Å². The molecule has 1 unspecified atom stereocenters. The van der Waals surface area contributed by atoms with Crippen molar-refractivity contribution in [3.8, 4) is 0 Å². The van der Waals surface area contributed by atoms with E-state index in [0.29, 0.717) is 22.7 Å². The van der Waals surface area contributed by atoms with E-state index in [0.717, 1.165) is 53.0 Å². The van der Waals surface area contributed by atoms with Crippen LogP contribution in [0.15, 0.2) is 59.5 Å². The summed E-state index contributed by atoms with van der Waals surface area (Å²) in [4.78, 5) is 40.4. The quantitative estimate of drug-likeness (QED) is 0.244. The van der Waals surface area contributed by atoms with Crippen molar-refractivity contribution in [2.24, 2.45) is 0 Å². The van der Waals surface area contributed by atoms with Crippen molar-refractivity contribution in [3.63, 3.8) is 0 Å². The van der Waals surface area contributed by atoms with Crippen LogP contribution in [0.25, 0.3) is 0 Å². The summed E-state index contributed by atoms with van der Waals surface area (Å²) in [7, 11) is 1.37. The van der Waals surface area contributed by atoms with Crippen molar-refractivity contribution in [3.05, 3.63) is 76.2 Å². The van der Waals surface area contributed by atoms with Crippen LogP contribution >= 0.6 is 23.1 Å². The smallest absolute Gasteiger partial charge is 0.341 e. The molecule has 1 atom stereocenters. The standard InChI is InChI=1S/C28H30N2O4S2/c1-3-10-23(31)29-19-13-9-14-20(17-19)35-25(18-11-5-4-6-12-18)26(32)30-27-24(28(33)34-2)21-15-7-8-16-22(21)36-27/h4-6,9,11-14,17,25H,3,7-8,10,15-16H2,1-2H3,(H,29,31)(H,30,32). The Morgan fingerprint density at radius 2 is 1.81 bits per heavy atom. The number of hydrogen-bond acceptors (Lipinski definition) is 6. The van der Waals surface area contributed by atoms with Crippen LogP contribution in [0.3, 0.4) is 0 Å². The van der Waals surface area contributed by atoms with Gasteiger partial charge in [0.05, 0.1) is 12.7 Å². The highest BCUT2D eigenvalue weighted by molar-refractivity contribution is 8.00. The predicted octanol–water partition coefficient (Wildman–Crippen LogP) is 6.62. The summed E-state index contributed by atoms with van der Waals surface area (Å²) in [6, 6.07) is 17.1. The molecule has 188 valence electrons. The summed E-state index contributed by atoms with van der Waals surface area (Å²) in [6.45, 7) is 1.96. The van der Waals surface area contributed by atoms with Crippen molar-refractivity contribution in [1.82, 2.24) is 0 Å². The zero-order chi connectivity index (χ0) is 25.5. The molecule has 6 nitrogen and oxygen atoms in total. The maximum Gasteiger partial charge on any atom is 0.341 e. The minimum Gasteiger partial charge on any atom is -0.465 e. The van der Waals surface area contributed by atoms with Gasteiger partial charge in [-0.15, -0.1) is 23.1 Å². The average Bonchev–Trinajstić information content (AvgIpc) is 3.25. The van der Waals surface area contributed by atoms with Crippen LogP contribution in [-0.4, -0.2) is 24.9 Å². The minimum absolute atomic E-state index is 0.0333. The van der Waals surface area contributed by atoms with Crippen LogP contribution in [0.5, 0.6) is 0 Å². The van der Waals surface area contributed by atoms with Gasteiger partial charge in [-0.2, -0.15) is 0 Å². The highest BCUT2D eigenvalue weighted by atomic mass is 32.2. The molecule has 1 heterocycles. The zero-order valence-electron chi connectivity index (χ0n) is 20.5. The Kier molecular flexibility index (Phi) is 8.83. The first-order valence-corrected chi connectivity index (χ1v) is 13.8. The van der Waals surface area contributed by atoms with Crippen LogP contribution in [0.2, 0.25) is 0 Å². The number of amides is 2. The number of carbonyl (C=O) groups is 3. The van der Waals surface area contributed by atoms with E-state index in [-0.39, 0.29) is 11.8 Å². The van der Waals surface area contributed by atoms with Crippen LogP contribution in [0.4, 0.5) is 10.7 Å². The zero-order valence-corrected chi connectivity index (χ0v) is 22.1. The summed E-state index contributed by atoms with van der Waals surface area (Å²) < 4.78 is 5.06. The Morgan fingerprint density at radius 1 is 1.03 bits per heavy atom. The maximum absolute atomic E-state index is 13.7. The number of anilines is 2. The lowest BCUT2D eigenvalue weighted by Gasteiger charge is -2.18. The van der Waals surface area contributed by atoms with Crippen LogP contribution in [0, 0.1) is 0 Å². The largest absolute Gasteiger partial charge is 0.465 e. The van der Waals surface area contributed by atoms with Crippen molar-refractivity contribution in [1.29, 1.82) is 0 Å². The number of aryl methyl sites for hydroxylation is 1. The summed E-state index contributed by atoms with van der Waals surface area (Å²) in [5, 5.41) is 5.97. The van der Waals surface area contributed by atoms with Crippen molar-refractivity contribution >= 4 is 51.6 Å². The lowest BCUT2D eigenvalue weighted by molar-refractivity contribution is -0.116. The van der Waals surface area contributed by atoms with Gasteiger partial charge in [-0.1, -0.05) is 43.3 Å². The molecule has 1 aromatic heterocycles. The van der Waals surface area contributed by atoms with Crippen molar-refractivity contribution < 1.29 is 19.1 Å². The van der Waals surface area contributed by atoms with E-state index in [2.05, 4.69) is 10.6 Å². The number of ether oxygens (including phenoxy) is 1. The molecule has 2 N–H and O–H groups in total. The Bertz CT molecular complexity index is 1240. The van der Waals surface area contributed by atoms with Gasteiger partial charge in [0, 0.05) is 21.9 Å². The normalized spacial score (nSPS) is 13.4. The number of methoxy groups -OCH3 is 1. The van der Waals surface area contributed by atoms with E-state index in [9.17, 15) is 14.4 Å². The molecule has 2 aromatic carbocycles. The molecule has 0 fully saturated rings. The number of nitrogens with one attached hydrogen (secondary N) is 2. The van der Waals surface area contributed by atoms with Gasteiger partial charge in [0.25, 0.3) is 0 Å². The number of carbonyl (C=O) groups excluding carboxylic acids is 3. The summed E-state index contributed by atoms with van der Waals surface area (Å²) >= 11 is 2.88. The number of rotatable bonds is 9. The molecule has 0 saturated carbocycles. The molecule has 3 aromatic rings. The van der Waals surface area contributed by atoms with Gasteiger partial charge >= 0.3 is 5.97 Å². The Labute approximate surface area is 219 Å². The molecule has 0 radical (unpaired) electrons. The molecule has 36 heavy (non-hydrogen) atoms. The number of thioether (sulfide) groups is 1. The van der Waals surface area contributed by atoms with Gasteiger partial charge in [0.2, 0.25) is 11.8 Å². The Morgan fingerprint density at radius 3 is 2.56 bits per heavy atom. The van der Waals surface area contributed by atoms with Crippen LogP contribution < -0.4 is 10.6 Å². The third-order valence-electron chi connectivity index (χ3n) is 5.99. The average molecular weight is 523 g/mol. The van der Waals surface area contributed by atoms with Crippen LogP contribution in [0.1, 0.15) is 64.2 Å². The molecular weight excluding hydrogens is 492 g/mol. The lowest BCUT2D eigenvalue weighted by atomic mass is 9.95. The number of benzene rings is 2. The molecule has 4 rings (SSSR count). The fourth-order valence-corrected chi connectivity index (χ4v) is 6.65. The third kappa shape index (κ3) is 6.17. The second-order valence-corrected chi connectivity index (χ2v) is 10.9. The van der Waals surface area contributed by atoms with E-state index in [1.54, 1.807) is 0 Å². The fourth-order valence-electron chi connectivity index (χ4n) is 4.28. The van der Waals surface area contributed by atoms with Crippen molar-refractivity contribution in [2.75, 3.05) is 17.7 Å². The summed E-state index contributed by atoms with van der Waals surface area (Å²) in [5.41, 5.74) is 3.04. The first-order valence-electron chi connectivity index (χ1n) is 12.1. The summed E-state index contributed by atoms with van der Waals surface area (Å²) in [5.74, 6) is -0.659. The van der Waals surface area contributed by atoms with Crippen LogP contribution in [-0.2, 0) is 27.2 Å². The number of esters is 1. The van der Waals surface area contributed by atoms with Gasteiger partial charge in [-0.3, -0.25) is 9.59 Å². The molecular formula is C28H30N2O4S2. The second-order valence-electron chi connectivity index (χ2n) is 8.63. The topological polar surface area (TPSA) is 84.5 Å². The van der Waals surface area contributed by atoms with E-state index >= 15 is 0 Å². The van der Waals surface area contributed by atoms with Crippen molar-refractivity contribution in [2.45, 2.75) is 55.6 Å². The molecule has 0 spiro atoms. The maximum atomic E-state index is 13.7. The number of hydrogen-bond donors (Lipinski definition) is 2. The van der Waals surface area contributed by atoms with Gasteiger partial charge in [0.1, 0.15) is 10.3 Å². The first-order chi connectivity index (χ1) is 17.5. The molecule has 1 aliphatic carbocycles. The summed E-state index contributed by atoms with van der Waals surface area (Å²) in [6.07, 6.45) is 5.06. The van der Waals surface area contributed by atoms with Gasteiger partial charge in [0.15, 0.2) is 0 Å². The molecule has 0 saturated heterocycles. The Hall–Kier alpha value is -3.10. The highest BCUT2D eigenvalue weighted by Crippen LogP contribution is 2.41. The first kappa shape index (κ1) is 26.0. The molecule has 2 amide bonds. The molecule has 0 bridgehead atoms. The lowest BCUT2D eigenvalue weighted by Crippen LogP contribution is -2.20. The fraction of sp³-hybridized carbons (Fsp3) is 0.321. The monoisotopic (exact) mass is 522 g/mol. The van der Waals surface area contributed by atoms with Gasteiger partial charge < -0.3 is 15.4 Å². The molecule has 8 heteroatoms. The number of fused-ring (bicyclic) bond motifs is 1. The van der Waals surface area contributed by atoms with E-state index in [1.807, 2.05) is 61.5 Å². The second kappa shape index (κ2) is 12.2. The molecule has 1 aliphatic rings. The number of thiophene rings is 1. The Balaban J connectivity index is 1.61. The SMILES string of the molecule is CCCC(=O)Nc1cccc(SC(C(=O)Nc2sc3c(c2C(=O)OC)CCCC3)c2ccccc2)c1. The molecule has 0 aliphatic heterocycles. The van der Waals surface area contributed by atoms with Gasteiger partial charge in [-0.05, 0) is 61.4 Å². The van der Waals surface area contributed by atoms with Gasteiger partial charge in [-0.25, -0.2) is 4.79 Å². The predicted molar refractivity (Wildman–Crippen MR) is 146 cm³/mol. The highest BCUT2D eigenvalue weighted by Gasteiger charge is 2.29.